The second-order valence-electron chi connectivity index (χ2n) is 7.02. The summed E-state index contributed by atoms with van der Waals surface area (Å²) in [6, 6.07) is 0. The monoisotopic (exact) mass is 356 g/mol. The Hall–Kier alpha value is -1.06. The molecule has 0 aliphatic carbocycles. The van der Waals surface area contributed by atoms with Crippen LogP contribution in [0.3, 0.4) is 0 Å². The van der Waals surface area contributed by atoms with Crippen LogP contribution in [-0.4, -0.2) is 24.6 Å². The van der Waals surface area contributed by atoms with Gasteiger partial charge in [-0.1, -0.05) is 78.1 Å². The summed E-state index contributed by atoms with van der Waals surface area (Å²) in [6.07, 6.45) is 14.8. The molecular formula is C21H40O4. The zero-order valence-electron chi connectivity index (χ0n) is 16.8. The molecule has 0 heterocycles. The van der Waals surface area contributed by atoms with E-state index in [4.69, 9.17) is 9.47 Å². The van der Waals surface area contributed by atoms with Gasteiger partial charge in [-0.2, -0.15) is 0 Å². The molecule has 148 valence electrons. The molecule has 0 aromatic carbocycles. The van der Waals surface area contributed by atoms with E-state index in [2.05, 4.69) is 13.8 Å². The third-order valence-corrected chi connectivity index (χ3v) is 4.35. The highest BCUT2D eigenvalue weighted by Gasteiger charge is 2.14. The Balaban J connectivity index is 3.46. The Kier molecular flexibility index (Phi) is 17.0. The van der Waals surface area contributed by atoms with E-state index in [1.54, 1.807) is 0 Å². The highest BCUT2D eigenvalue weighted by Crippen LogP contribution is 2.10. The maximum absolute atomic E-state index is 11.7. The van der Waals surface area contributed by atoms with E-state index in [-0.39, 0.29) is 12.5 Å². The number of carbonyl (C=O) groups is 2. The maximum atomic E-state index is 11.7. The summed E-state index contributed by atoms with van der Waals surface area (Å²) in [6.45, 7) is 6.66. The summed E-state index contributed by atoms with van der Waals surface area (Å²) in [5.74, 6) is -0.939. The third kappa shape index (κ3) is 17.6. The molecule has 1 atom stereocenters. The minimum atomic E-state index is -0.471. The highest BCUT2D eigenvalue weighted by molar-refractivity contribution is 5.91. The number of rotatable bonds is 17. The van der Waals surface area contributed by atoms with Crippen molar-refractivity contribution < 1.29 is 19.1 Å². The number of carbonyl (C=O) groups excluding carboxylic acids is 2. The first-order valence-electron chi connectivity index (χ1n) is 10.4. The molecule has 0 aliphatic rings. The molecule has 0 spiro atoms. The van der Waals surface area contributed by atoms with Crippen LogP contribution in [0.15, 0.2) is 0 Å². The van der Waals surface area contributed by atoms with E-state index in [0.29, 0.717) is 6.61 Å². The van der Waals surface area contributed by atoms with Gasteiger partial charge in [-0.15, -0.1) is 0 Å². The average Bonchev–Trinajstić information content (AvgIpc) is 2.56. The second kappa shape index (κ2) is 17.8. The number of unbranched alkanes of at least 4 members (excludes halogenated alkanes) is 10. The van der Waals surface area contributed by atoms with Crippen LogP contribution in [0.4, 0.5) is 0 Å². The first-order valence-corrected chi connectivity index (χ1v) is 10.4. The molecule has 0 rings (SSSR count). The van der Waals surface area contributed by atoms with Gasteiger partial charge in [0.1, 0.15) is 6.42 Å². The predicted molar refractivity (Wildman–Crippen MR) is 102 cm³/mol. The molecule has 1 unspecified atom stereocenters. The van der Waals surface area contributed by atoms with Gasteiger partial charge in [0.25, 0.3) is 0 Å². The lowest BCUT2D eigenvalue weighted by Gasteiger charge is -2.12. The van der Waals surface area contributed by atoms with Crippen LogP contribution in [-0.2, 0) is 19.1 Å². The fourth-order valence-electron chi connectivity index (χ4n) is 2.77. The summed E-state index contributed by atoms with van der Waals surface area (Å²) in [7, 11) is 0. The van der Waals surface area contributed by atoms with Crippen molar-refractivity contribution in [2.45, 2.75) is 117 Å². The van der Waals surface area contributed by atoms with Crippen molar-refractivity contribution in [3.63, 3.8) is 0 Å². The highest BCUT2D eigenvalue weighted by atomic mass is 16.6. The first kappa shape index (κ1) is 23.9. The van der Waals surface area contributed by atoms with Crippen molar-refractivity contribution in [1.29, 1.82) is 0 Å². The van der Waals surface area contributed by atoms with Gasteiger partial charge < -0.3 is 9.47 Å². The van der Waals surface area contributed by atoms with E-state index in [1.165, 1.54) is 44.9 Å². The molecule has 0 saturated heterocycles. The Morgan fingerprint density at radius 3 is 1.84 bits per heavy atom. The molecule has 0 radical (unpaired) electrons. The third-order valence-electron chi connectivity index (χ3n) is 4.35. The maximum Gasteiger partial charge on any atom is 0.317 e. The molecule has 0 N–H and O–H groups in total. The van der Waals surface area contributed by atoms with Crippen molar-refractivity contribution in [3.05, 3.63) is 0 Å². The standard InChI is InChI=1S/C21H40O4/c1-4-6-8-9-10-11-12-13-15-17-24-20(22)18-21(23)25-19(3)16-14-7-5-2/h19H,4-18H2,1-3H3. The zero-order valence-corrected chi connectivity index (χ0v) is 16.8. The average molecular weight is 357 g/mol. The Morgan fingerprint density at radius 1 is 0.720 bits per heavy atom. The molecule has 4 nitrogen and oxygen atoms in total. The smallest absolute Gasteiger partial charge is 0.317 e. The van der Waals surface area contributed by atoms with Gasteiger partial charge in [0.15, 0.2) is 0 Å². The Labute approximate surface area is 155 Å². The summed E-state index contributed by atoms with van der Waals surface area (Å²) in [5.41, 5.74) is 0. The summed E-state index contributed by atoms with van der Waals surface area (Å²) in [5, 5.41) is 0. The van der Waals surface area contributed by atoms with E-state index < -0.39 is 11.9 Å². The van der Waals surface area contributed by atoms with Gasteiger partial charge >= 0.3 is 11.9 Å². The predicted octanol–water partition coefficient (Wildman–Crippen LogP) is 5.96. The molecule has 0 aromatic heterocycles. The van der Waals surface area contributed by atoms with Crippen LogP contribution < -0.4 is 0 Å². The van der Waals surface area contributed by atoms with Crippen molar-refractivity contribution in [3.8, 4) is 0 Å². The summed E-state index contributed by atoms with van der Waals surface area (Å²) >= 11 is 0. The second-order valence-corrected chi connectivity index (χ2v) is 7.02. The number of hydrogen-bond acceptors (Lipinski definition) is 4. The van der Waals surface area contributed by atoms with Crippen LogP contribution in [0.5, 0.6) is 0 Å². The van der Waals surface area contributed by atoms with Crippen LogP contribution >= 0.6 is 0 Å². The minimum Gasteiger partial charge on any atom is -0.465 e. The van der Waals surface area contributed by atoms with E-state index in [9.17, 15) is 9.59 Å². The largest absolute Gasteiger partial charge is 0.465 e. The van der Waals surface area contributed by atoms with Gasteiger partial charge in [-0.25, -0.2) is 0 Å². The Morgan fingerprint density at radius 2 is 1.24 bits per heavy atom. The van der Waals surface area contributed by atoms with E-state index in [0.717, 1.165) is 38.5 Å². The van der Waals surface area contributed by atoms with Gasteiger partial charge in [-0.3, -0.25) is 9.59 Å². The molecule has 0 bridgehead atoms. The summed E-state index contributed by atoms with van der Waals surface area (Å²) in [4.78, 5) is 23.3. The molecular weight excluding hydrogens is 316 g/mol. The molecule has 0 aromatic rings. The van der Waals surface area contributed by atoms with Gasteiger partial charge in [-0.05, 0) is 26.2 Å². The van der Waals surface area contributed by atoms with Crippen molar-refractivity contribution in [1.82, 2.24) is 0 Å². The first-order chi connectivity index (χ1) is 12.1. The SMILES string of the molecule is CCCCCCCCCCCOC(=O)CC(=O)OC(C)CCCCC. The van der Waals surface area contributed by atoms with Crippen molar-refractivity contribution in [2.24, 2.45) is 0 Å². The topological polar surface area (TPSA) is 52.6 Å². The van der Waals surface area contributed by atoms with E-state index in [1.807, 2.05) is 6.92 Å². The van der Waals surface area contributed by atoms with Crippen molar-refractivity contribution >= 4 is 11.9 Å². The minimum absolute atomic E-state index is 0.121. The number of ether oxygens (including phenoxy) is 2. The number of hydrogen-bond donors (Lipinski definition) is 0. The van der Waals surface area contributed by atoms with Gasteiger partial charge in [0.2, 0.25) is 0 Å². The lowest BCUT2D eigenvalue weighted by atomic mass is 10.1. The lowest BCUT2D eigenvalue weighted by Crippen LogP contribution is -2.19. The molecule has 0 fully saturated rings. The normalized spacial score (nSPS) is 12.0. The fourth-order valence-corrected chi connectivity index (χ4v) is 2.77. The van der Waals surface area contributed by atoms with Gasteiger partial charge in [0, 0.05) is 0 Å². The van der Waals surface area contributed by atoms with E-state index >= 15 is 0 Å². The Bertz CT molecular complexity index is 328. The fraction of sp³-hybridized carbons (Fsp3) is 0.905. The number of esters is 2. The lowest BCUT2D eigenvalue weighted by molar-refractivity contribution is -0.157. The molecule has 0 aliphatic heterocycles. The molecule has 0 amide bonds. The van der Waals surface area contributed by atoms with Crippen LogP contribution in [0.25, 0.3) is 0 Å². The molecule has 4 heteroatoms. The summed E-state index contributed by atoms with van der Waals surface area (Å²) < 4.78 is 10.3. The van der Waals surface area contributed by atoms with Crippen molar-refractivity contribution in [2.75, 3.05) is 6.61 Å². The van der Waals surface area contributed by atoms with Crippen LogP contribution in [0.1, 0.15) is 111 Å². The molecule has 25 heavy (non-hydrogen) atoms. The van der Waals surface area contributed by atoms with Crippen LogP contribution in [0.2, 0.25) is 0 Å². The van der Waals surface area contributed by atoms with Gasteiger partial charge in [0.05, 0.1) is 12.7 Å². The zero-order chi connectivity index (χ0) is 18.8. The van der Waals surface area contributed by atoms with Crippen LogP contribution in [0, 0.1) is 0 Å². The quantitative estimate of drug-likeness (QED) is 0.183. The molecule has 0 saturated carbocycles.